The van der Waals surface area contributed by atoms with Gasteiger partial charge in [0.05, 0.1) is 21.1 Å². The molecule has 2 N–H and O–H groups in total. The quantitative estimate of drug-likeness (QED) is 0.623. The highest BCUT2D eigenvalue weighted by atomic mass is 35.5. The number of amides is 2. The number of hydrazine groups is 1. The molecule has 1 heterocycles. The first kappa shape index (κ1) is 17.9. The molecule has 0 aliphatic rings. The van der Waals surface area contributed by atoms with Crippen LogP contribution in [0.15, 0.2) is 29.6 Å². The second-order valence-electron chi connectivity index (χ2n) is 4.87. The Bertz CT molecular complexity index is 806. The predicted octanol–water partition coefficient (Wildman–Crippen LogP) is 2.77. The first-order chi connectivity index (χ1) is 11.3. The molecule has 126 valence electrons. The van der Waals surface area contributed by atoms with Crippen LogP contribution in [0.2, 0.25) is 5.02 Å². The van der Waals surface area contributed by atoms with Crippen LogP contribution in [0.5, 0.6) is 0 Å². The molecular weight excluding hydrogens is 356 g/mol. The second-order valence-corrected chi connectivity index (χ2v) is 6.20. The minimum Gasteiger partial charge on any atom is -0.313 e. The second kappa shape index (κ2) is 7.39. The van der Waals surface area contributed by atoms with Crippen LogP contribution in [0.3, 0.4) is 0 Å². The SMILES string of the molecule is CN(C)NC(=O)c1ccsc1NC(=O)c1cc([N+](=O)[O-])ccc1Cl. The van der Waals surface area contributed by atoms with E-state index < -0.39 is 10.8 Å². The van der Waals surface area contributed by atoms with Crippen molar-refractivity contribution in [2.24, 2.45) is 0 Å². The van der Waals surface area contributed by atoms with Gasteiger partial charge in [0, 0.05) is 26.2 Å². The summed E-state index contributed by atoms with van der Waals surface area (Å²) in [6.45, 7) is 0. The van der Waals surface area contributed by atoms with Gasteiger partial charge < -0.3 is 5.32 Å². The zero-order valence-corrected chi connectivity index (χ0v) is 14.3. The van der Waals surface area contributed by atoms with Crippen molar-refractivity contribution in [2.45, 2.75) is 0 Å². The van der Waals surface area contributed by atoms with Crippen LogP contribution in [-0.4, -0.2) is 35.8 Å². The van der Waals surface area contributed by atoms with E-state index in [2.05, 4.69) is 10.7 Å². The van der Waals surface area contributed by atoms with Crippen LogP contribution < -0.4 is 10.7 Å². The van der Waals surface area contributed by atoms with Crippen molar-refractivity contribution in [3.05, 3.63) is 55.9 Å². The lowest BCUT2D eigenvalue weighted by molar-refractivity contribution is -0.384. The van der Waals surface area contributed by atoms with E-state index in [9.17, 15) is 19.7 Å². The van der Waals surface area contributed by atoms with Gasteiger partial charge in [0.25, 0.3) is 17.5 Å². The summed E-state index contributed by atoms with van der Waals surface area (Å²) >= 11 is 7.10. The number of nitro groups is 1. The van der Waals surface area contributed by atoms with E-state index in [1.165, 1.54) is 17.1 Å². The van der Waals surface area contributed by atoms with Crippen LogP contribution in [0.1, 0.15) is 20.7 Å². The third-order valence-electron chi connectivity index (χ3n) is 2.87. The number of non-ortho nitro benzene ring substituents is 1. The maximum absolute atomic E-state index is 12.4. The Morgan fingerprint density at radius 1 is 1.21 bits per heavy atom. The van der Waals surface area contributed by atoms with Gasteiger partial charge in [0.1, 0.15) is 5.00 Å². The van der Waals surface area contributed by atoms with Crippen molar-refractivity contribution in [2.75, 3.05) is 19.4 Å². The zero-order valence-electron chi connectivity index (χ0n) is 12.7. The zero-order chi connectivity index (χ0) is 17.9. The smallest absolute Gasteiger partial charge is 0.270 e. The van der Waals surface area contributed by atoms with Gasteiger partial charge in [-0.2, -0.15) is 0 Å². The molecule has 2 rings (SSSR count). The molecule has 2 amide bonds. The fourth-order valence-corrected chi connectivity index (χ4v) is 2.80. The van der Waals surface area contributed by atoms with E-state index in [0.717, 1.165) is 17.4 Å². The molecule has 0 unspecified atom stereocenters. The van der Waals surface area contributed by atoms with Crippen LogP contribution in [-0.2, 0) is 0 Å². The maximum Gasteiger partial charge on any atom is 0.270 e. The summed E-state index contributed by atoms with van der Waals surface area (Å²) in [5.74, 6) is -1.02. The monoisotopic (exact) mass is 368 g/mol. The molecule has 1 aromatic heterocycles. The van der Waals surface area contributed by atoms with E-state index in [4.69, 9.17) is 11.6 Å². The molecule has 1 aromatic carbocycles. The number of carbonyl (C=O) groups is 2. The van der Waals surface area contributed by atoms with E-state index in [1.807, 2.05) is 0 Å². The molecule has 0 radical (unpaired) electrons. The van der Waals surface area contributed by atoms with E-state index in [1.54, 1.807) is 25.5 Å². The van der Waals surface area contributed by atoms with Crippen molar-refractivity contribution in [1.29, 1.82) is 0 Å². The number of rotatable bonds is 5. The Labute approximate surface area is 146 Å². The number of nitrogens with one attached hydrogen (secondary N) is 2. The summed E-state index contributed by atoms with van der Waals surface area (Å²) < 4.78 is 0. The Balaban J connectivity index is 2.25. The molecule has 0 saturated carbocycles. The van der Waals surface area contributed by atoms with Gasteiger partial charge in [-0.25, -0.2) is 5.01 Å². The highest BCUT2D eigenvalue weighted by molar-refractivity contribution is 7.14. The number of hydrogen-bond donors (Lipinski definition) is 2. The number of nitro benzene ring substituents is 1. The summed E-state index contributed by atoms with van der Waals surface area (Å²) in [7, 11) is 3.32. The topological polar surface area (TPSA) is 105 Å². The minimum atomic E-state index is -0.634. The molecular formula is C14H13ClN4O4S. The van der Waals surface area contributed by atoms with Crippen LogP contribution in [0.4, 0.5) is 10.7 Å². The van der Waals surface area contributed by atoms with Crippen molar-refractivity contribution in [1.82, 2.24) is 10.4 Å². The highest BCUT2D eigenvalue weighted by Crippen LogP contribution is 2.27. The van der Waals surface area contributed by atoms with E-state index in [-0.39, 0.29) is 27.7 Å². The lowest BCUT2D eigenvalue weighted by Crippen LogP contribution is -2.36. The lowest BCUT2D eigenvalue weighted by Gasteiger charge is -2.12. The number of benzene rings is 1. The van der Waals surface area contributed by atoms with E-state index >= 15 is 0 Å². The van der Waals surface area contributed by atoms with E-state index in [0.29, 0.717) is 5.00 Å². The van der Waals surface area contributed by atoms with Gasteiger partial charge in [-0.15, -0.1) is 11.3 Å². The first-order valence-electron chi connectivity index (χ1n) is 6.60. The first-order valence-corrected chi connectivity index (χ1v) is 7.86. The third-order valence-corrected chi connectivity index (χ3v) is 4.03. The Morgan fingerprint density at radius 2 is 1.92 bits per heavy atom. The van der Waals surface area contributed by atoms with Gasteiger partial charge in [-0.1, -0.05) is 11.6 Å². The molecule has 0 spiro atoms. The van der Waals surface area contributed by atoms with Crippen molar-refractivity contribution in [3.8, 4) is 0 Å². The number of thiophene rings is 1. The standard InChI is InChI=1S/C14H13ClN4O4S/c1-18(2)17-13(21)9-5-6-24-14(9)16-12(20)10-7-8(19(22)23)3-4-11(10)15/h3-7H,1-2H3,(H,16,20)(H,17,21). The van der Waals surface area contributed by atoms with Crippen LogP contribution in [0.25, 0.3) is 0 Å². The normalized spacial score (nSPS) is 10.5. The fraction of sp³-hybridized carbons (Fsp3) is 0.143. The minimum absolute atomic E-state index is 0.0433. The molecule has 10 heteroatoms. The molecule has 2 aromatic rings. The molecule has 8 nitrogen and oxygen atoms in total. The third kappa shape index (κ3) is 4.07. The number of carbonyl (C=O) groups excluding carboxylic acids is 2. The molecule has 24 heavy (non-hydrogen) atoms. The molecule has 0 saturated heterocycles. The average molecular weight is 369 g/mol. The fourth-order valence-electron chi connectivity index (χ4n) is 1.82. The van der Waals surface area contributed by atoms with Crippen molar-refractivity contribution in [3.63, 3.8) is 0 Å². The summed E-state index contributed by atoms with van der Waals surface area (Å²) in [5, 5.41) is 16.9. The van der Waals surface area contributed by atoms with Gasteiger partial charge >= 0.3 is 0 Å². The molecule has 0 aliphatic carbocycles. The van der Waals surface area contributed by atoms with Gasteiger partial charge in [-0.3, -0.25) is 25.1 Å². The molecule has 0 aliphatic heterocycles. The summed E-state index contributed by atoms with van der Waals surface area (Å²) in [5.41, 5.74) is 2.56. The van der Waals surface area contributed by atoms with Crippen LogP contribution >= 0.6 is 22.9 Å². The van der Waals surface area contributed by atoms with Gasteiger partial charge in [0.2, 0.25) is 0 Å². The highest BCUT2D eigenvalue weighted by Gasteiger charge is 2.19. The summed E-state index contributed by atoms with van der Waals surface area (Å²) in [4.78, 5) is 34.6. The number of nitrogens with zero attached hydrogens (tertiary/aromatic N) is 2. The summed E-state index contributed by atoms with van der Waals surface area (Å²) in [6.07, 6.45) is 0. The Hall–Kier alpha value is -2.49. The lowest BCUT2D eigenvalue weighted by atomic mass is 10.2. The molecule has 0 atom stereocenters. The Morgan fingerprint density at radius 3 is 2.54 bits per heavy atom. The number of hydrogen-bond acceptors (Lipinski definition) is 6. The molecule has 0 bridgehead atoms. The van der Waals surface area contributed by atoms with Crippen LogP contribution in [0, 0.1) is 10.1 Å². The number of anilines is 1. The van der Waals surface area contributed by atoms with Gasteiger partial charge in [-0.05, 0) is 17.5 Å². The summed E-state index contributed by atoms with van der Waals surface area (Å²) in [6, 6.07) is 5.14. The van der Waals surface area contributed by atoms with Crippen molar-refractivity contribution < 1.29 is 14.5 Å². The largest absolute Gasteiger partial charge is 0.313 e. The molecule has 0 fully saturated rings. The average Bonchev–Trinajstić information content (AvgIpc) is 2.94. The van der Waals surface area contributed by atoms with Gasteiger partial charge in [0.15, 0.2) is 0 Å². The Kier molecular flexibility index (Phi) is 5.50. The maximum atomic E-state index is 12.4. The van der Waals surface area contributed by atoms with Crippen molar-refractivity contribution >= 4 is 45.4 Å². The number of halogens is 1. The predicted molar refractivity (Wildman–Crippen MR) is 91.5 cm³/mol.